The van der Waals surface area contributed by atoms with E-state index in [1.807, 2.05) is 0 Å². The van der Waals surface area contributed by atoms with Crippen molar-refractivity contribution in [2.45, 2.75) is 18.9 Å². The van der Waals surface area contributed by atoms with Gasteiger partial charge < -0.3 is 4.90 Å². The summed E-state index contributed by atoms with van der Waals surface area (Å²) in [5.41, 5.74) is -0.405. The van der Waals surface area contributed by atoms with Crippen LogP contribution in [-0.2, 0) is 10.3 Å². The minimum atomic E-state index is -1.06. The summed E-state index contributed by atoms with van der Waals surface area (Å²) < 4.78 is 29.9. The Hall–Kier alpha value is -3.76. The second-order valence-corrected chi connectivity index (χ2v) is 8.24. The van der Waals surface area contributed by atoms with Gasteiger partial charge in [-0.3, -0.25) is 9.78 Å². The van der Waals surface area contributed by atoms with Crippen LogP contribution in [0, 0.1) is 23.5 Å². The zero-order valence-corrected chi connectivity index (χ0v) is 18.5. The molecule has 0 unspecified atom stereocenters. The van der Waals surface area contributed by atoms with Crippen molar-refractivity contribution in [2.24, 2.45) is 0 Å². The highest BCUT2D eigenvalue weighted by Crippen LogP contribution is 2.39. The number of amides is 3. The van der Waals surface area contributed by atoms with E-state index < -0.39 is 34.8 Å². The number of carbonyl (C=O) groups excluding carboxylic acids is 2. The van der Waals surface area contributed by atoms with Gasteiger partial charge in [-0.15, -0.1) is 0 Å². The van der Waals surface area contributed by atoms with Gasteiger partial charge in [0.15, 0.2) is 11.6 Å². The number of halogens is 3. The van der Waals surface area contributed by atoms with Gasteiger partial charge >= 0.3 is 6.03 Å². The van der Waals surface area contributed by atoms with Crippen molar-refractivity contribution in [1.29, 1.82) is 0 Å². The monoisotopic (exact) mass is 465 g/mol. The standard InChI is InChI=1S/C25H18ClF2N3O2/c1-25(18-7-9-19(26)10-8-18)14-22(32)31(24(33)30(25)2)23-20(27)12-17(13-21(23)28)6-5-16-4-3-11-29-15-16/h3-4,7-13,15H,14H2,1-2H3/t25-/m0/s1. The highest BCUT2D eigenvalue weighted by atomic mass is 35.5. The van der Waals surface area contributed by atoms with E-state index in [1.165, 1.54) is 18.1 Å². The van der Waals surface area contributed by atoms with Gasteiger partial charge in [0.05, 0.1) is 12.0 Å². The number of hydrogen-bond acceptors (Lipinski definition) is 3. The van der Waals surface area contributed by atoms with Crippen molar-refractivity contribution in [3.05, 3.63) is 94.3 Å². The Labute approximate surface area is 194 Å². The van der Waals surface area contributed by atoms with E-state index in [0.29, 0.717) is 21.0 Å². The average molecular weight is 466 g/mol. The van der Waals surface area contributed by atoms with Crippen LogP contribution in [0.15, 0.2) is 60.9 Å². The molecule has 8 heteroatoms. The largest absolute Gasteiger partial charge is 0.332 e. The van der Waals surface area contributed by atoms with Crippen LogP contribution in [0.2, 0.25) is 5.02 Å². The molecule has 5 nitrogen and oxygen atoms in total. The maximum absolute atomic E-state index is 15.0. The lowest BCUT2D eigenvalue weighted by molar-refractivity contribution is -0.122. The normalized spacial score (nSPS) is 18.2. The van der Waals surface area contributed by atoms with Crippen LogP contribution in [0.25, 0.3) is 0 Å². The summed E-state index contributed by atoms with van der Waals surface area (Å²) in [6.07, 6.45) is 2.94. The molecule has 1 atom stereocenters. The van der Waals surface area contributed by atoms with Crippen LogP contribution >= 0.6 is 11.6 Å². The fraction of sp³-hybridized carbons (Fsp3) is 0.160. The molecule has 0 spiro atoms. The van der Waals surface area contributed by atoms with E-state index in [1.54, 1.807) is 49.5 Å². The van der Waals surface area contributed by atoms with E-state index >= 15 is 0 Å². The zero-order chi connectivity index (χ0) is 23.8. The first-order chi connectivity index (χ1) is 15.7. The van der Waals surface area contributed by atoms with Crippen LogP contribution in [0.4, 0.5) is 19.3 Å². The second-order valence-electron chi connectivity index (χ2n) is 7.81. The summed E-state index contributed by atoms with van der Waals surface area (Å²) in [7, 11) is 1.49. The summed E-state index contributed by atoms with van der Waals surface area (Å²) in [4.78, 5) is 31.9. The van der Waals surface area contributed by atoms with Gasteiger partial charge in [0.2, 0.25) is 5.91 Å². The Bertz CT molecular complexity index is 1280. The third-order valence-electron chi connectivity index (χ3n) is 5.68. The lowest BCUT2D eigenvalue weighted by Crippen LogP contribution is -2.60. The van der Waals surface area contributed by atoms with Gasteiger partial charge in [-0.25, -0.2) is 18.5 Å². The second kappa shape index (κ2) is 8.64. The maximum Gasteiger partial charge on any atom is 0.332 e. The van der Waals surface area contributed by atoms with E-state index in [0.717, 1.165) is 12.1 Å². The first-order valence-corrected chi connectivity index (χ1v) is 10.4. The molecule has 0 bridgehead atoms. The predicted molar refractivity (Wildman–Crippen MR) is 121 cm³/mol. The third kappa shape index (κ3) is 4.18. The molecule has 1 aliphatic rings. The van der Waals surface area contributed by atoms with Crippen molar-refractivity contribution < 1.29 is 18.4 Å². The van der Waals surface area contributed by atoms with Crippen LogP contribution < -0.4 is 4.90 Å². The van der Waals surface area contributed by atoms with Crippen molar-refractivity contribution >= 4 is 29.2 Å². The summed E-state index contributed by atoms with van der Waals surface area (Å²) in [5.74, 6) is 2.59. The minimum absolute atomic E-state index is 0.0638. The summed E-state index contributed by atoms with van der Waals surface area (Å²) in [6.45, 7) is 1.72. The van der Waals surface area contributed by atoms with Crippen LogP contribution in [0.3, 0.4) is 0 Å². The molecule has 1 saturated heterocycles. The zero-order valence-electron chi connectivity index (χ0n) is 17.8. The quantitative estimate of drug-likeness (QED) is 0.494. The van der Waals surface area contributed by atoms with Gasteiger partial charge in [0, 0.05) is 35.6 Å². The lowest BCUT2D eigenvalue weighted by Gasteiger charge is -2.45. The summed E-state index contributed by atoms with van der Waals surface area (Å²) in [6, 6.07) is 11.3. The molecular weight excluding hydrogens is 448 g/mol. The number of nitrogens with zero attached hydrogens (tertiary/aromatic N) is 3. The number of rotatable bonds is 2. The Morgan fingerprint density at radius 2 is 1.67 bits per heavy atom. The first-order valence-electron chi connectivity index (χ1n) is 9.98. The lowest BCUT2D eigenvalue weighted by atomic mass is 9.85. The Morgan fingerprint density at radius 1 is 1.03 bits per heavy atom. The molecule has 1 aromatic heterocycles. The van der Waals surface area contributed by atoms with Crippen molar-refractivity contribution in [3.8, 4) is 11.8 Å². The molecule has 1 aliphatic heterocycles. The molecule has 166 valence electrons. The van der Waals surface area contributed by atoms with Crippen molar-refractivity contribution in [3.63, 3.8) is 0 Å². The predicted octanol–water partition coefficient (Wildman–Crippen LogP) is 5.12. The van der Waals surface area contributed by atoms with Gasteiger partial charge in [0.25, 0.3) is 0 Å². The number of carbonyl (C=O) groups is 2. The van der Waals surface area contributed by atoms with Crippen LogP contribution in [-0.4, -0.2) is 28.9 Å². The van der Waals surface area contributed by atoms with Crippen molar-refractivity contribution in [2.75, 3.05) is 11.9 Å². The number of pyridine rings is 1. The Kier molecular flexibility index (Phi) is 5.88. The summed E-state index contributed by atoms with van der Waals surface area (Å²) >= 11 is 5.95. The molecule has 4 rings (SSSR count). The van der Waals surface area contributed by atoms with Crippen molar-refractivity contribution in [1.82, 2.24) is 9.88 Å². The highest BCUT2D eigenvalue weighted by Gasteiger charge is 2.47. The molecule has 3 amide bonds. The molecular formula is C25H18ClF2N3O2. The number of urea groups is 1. The molecule has 0 radical (unpaired) electrons. The fourth-order valence-corrected chi connectivity index (χ4v) is 3.84. The molecule has 0 N–H and O–H groups in total. The number of hydrogen-bond donors (Lipinski definition) is 0. The van der Waals surface area contributed by atoms with Gasteiger partial charge in [0.1, 0.15) is 5.69 Å². The van der Waals surface area contributed by atoms with E-state index in [-0.39, 0.29) is 12.0 Å². The molecule has 0 aliphatic carbocycles. The number of aromatic nitrogens is 1. The average Bonchev–Trinajstić information content (AvgIpc) is 2.79. The van der Waals surface area contributed by atoms with Gasteiger partial charge in [-0.05, 0) is 48.9 Å². The Morgan fingerprint density at radius 3 is 2.27 bits per heavy atom. The topological polar surface area (TPSA) is 53.5 Å². The van der Waals surface area contributed by atoms with E-state index in [9.17, 15) is 18.4 Å². The maximum atomic E-state index is 15.0. The number of benzene rings is 2. The van der Waals surface area contributed by atoms with Gasteiger partial charge in [-0.2, -0.15) is 0 Å². The fourth-order valence-electron chi connectivity index (χ4n) is 3.72. The number of imide groups is 1. The molecule has 33 heavy (non-hydrogen) atoms. The Balaban J connectivity index is 1.67. The molecule has 2 heterocycles. The highest BCUT2D eigenvalue weighted by molar-refractivity contribution is 6.30. The molecule has 0 saturated carbocycles. The summed E-state index contributed by atoms with van der Waals surface area (Å²) in [5, 5.41) is 0.510. The SMILES string of the molecule is CN1C(=O)N(c2c(F)cc(C#Cc3cccnc3)cc2F)C(=O)C[C@@]1(C)c1ccc(Cl)cc1. The van der Waals surface area contributed by atoms with E-state index in [4.69, 9.17) is 11.6 Å². The minimum Gasteiger partial charge on any atom is -0.317 e. The molecule has 2 aromatic carbocycles. The van der Waals surface area contributed by atoms with Crippen LogP contribution in [0.1, 0.15) is 30.0 Å². The smallest absolute Gasteiger partial charge is 0.317 e. The first kappa shape index (κ1) is 22.4. The van der Waals surface area contributed by atoms with Crippen LogP contribution in [0.5, 0.6) is 0 Å². The number of anilines is 1. The molecule has 3 aromatic rings. The van der Waals surface area contributed by atoms with E-state index in [2.05, 4.69) is 16.8 Å². The molecule has 1 fully saturated rings. The third-order valence-corrected chi connectivity index (χ3v) is 5.93. The van der Waals surface area contributed by atoms with Gasteiger partial charge in [-0.1, -0.05) is 35.6 Å².